The molecule has 9 heteroatoms. The van der Waals surface area contributed by atoms with Crippen molar-refractivity contribution < 1.29 is 23.9 Å². The Bertz CT molecular complexity index is 977. The van der Waals surface area contributed by atoms with Crippen molar-refractivity contribution in [1.82, 2.24) is 15.2 Å². The molecular formula is C23H25N3O5S. The van der Waals surface area contributed by atoms with Crippen LogP contribution in [-0.2, 0) is 20.9 Å². The van der Waals surface area contributed by atoms with Crippen LogP contribution in [0.4, 0.5) is 4.79 Å². The molecule has 0 spiro atoms. The number of carbonyl (C=O) groups is 3. The topological polar surface area (TPSA) is 97.8 Å². The number of esters is 1. The second-order valence-corrected chi connectivity index (χ2v) is 8.27. The molecule has 0 saturated carbocycles. The molecule has 1 atom stereocenters. The van der Waals surface area contributed by atoms with Crippen LogP contribution in [0.1, 0.15) is 46.7 Å². The van der Waals surface area contributed by atoms with E-state index in [1.54, 1.807) is 17.2 Å². The Labute approximate surface area is 190 Å². The van der Waals surface area contributed by atoms with Gasteiger partial charge in [0.2, 0.25) is 0 Å². The van der Waals surface area contributed by atoms with Gasteiger partial charge >= 0.3 is 12.1 Å². The minimum absolute atomic E-state index is 0.0397. The van der Waals surface area contributed by atoms with Crippen LogP contribution in [0.3, 0.4) is 0 Å². The van der Waals surface area contributed by atoms with E-state index in [4.69, 9.17) is 15.9 Å². The second-order valence-electron chi connectivity index (χ2n) is 7.38. The lowest BCUT2D eigenvalue weighted by molar-refractivity contribution is -0.146. The Morgan fingerprint density at radius 3 is 2.66 bits per heavy atom. The molecule has 8 nitrogen and oxygen atoms in total. The molecule has 2 heterocycles. The monoisotopic (exact) mass is 455 g/mol. The number of ether oxygens (including phenoxy) is 2. The van der Waals surface area contributed by atoms with E-state index in [9.17, 15) is 14.4 Å². The van der Waals surface area contributed by atoms with Crippen molar-refractivity contribution in [2.24, 2.45) is 0 Å². The minimum Gasteiger partial charge on any atom is -0.459 e. The van der Waals surface area contributed by atoms with E-state index in [-0.39, 0.29) is 24.8 Å². The van der Waals surface area contributed by atoms with Gasteiger partial charge in [-0.25, -0.2) is 14.6 Å². The highest BCUT2D eigenvalue weighted by Gasteiger charge is 2.27. The number of terminal acetylenes is 1. The molecular weight excluding hydrogens is 430 g/mol. The number of likely N-dealkylation sites (tertiary alicyclic amines) is 1. The zero-order chi connectivity index (χ0) is 22.9. The Morgan fingerprint density at radius 2 is 1.97 bits per heavy atom. The van der Waals surface area contributed by atoms with Gasteiger partial charge in [0.1, 0.15) is 18.3 Å². The molecule has 168 valence electrons. The molecule has 1 aromatic carbocycles. The fourth-order valence-electron chi connectivity index (χ4n) is 3.27. The number of nitrogens with one attached hydrogen (secondary N) is 1. The summed E-state index contributed by atoms with van der Waals surface area (Å²) in [6.45, 7) is 2.77. The first-order valence-corrected chi connectivity index (χ1v) is 11.2. The summed E-state index contributed by atoms with van der Waals surface area (Å²) in [5.74, 6) is 1.50. The van der Waals surface area contributed by atoms with E-state index in [0.29, 0.717) is 13.1 Å². The maximum atomic E-state index is 12.5. The van der Waals surface area contributed by atoms with E-state index in [2.05, 4.69) is 16.2 Å². The third-order valence-corrected chi connectivity index (χ3v) is 6.07. The maximum Gasteiger partial charge on any atom is 0.410 e. The number of thiazole rings is 1. The van der Waals surface area contributed by atoms with Gasteiger partial charge < -0.3 is 19.7 Å². The number of rotatable bonds is 7. The van der Waals surface area contributed by atoms with Gasteiger partial charge in [-0.2, -0.15) is 0 Å². The highest BCUT2D eigenvalue weighted by atomic mass is 32.1. The summed E-state index contributed by atoms with van der Waals surface area (Å²) >= 11 is 1.40. The normalized spacial score (nSPS) is 14.8. The van der Waals surface area contributed by atoms with Crippen molar-refractivity contribution in [3.63, 3.8) is 0 Å². The highest BCUT2D eigenvalue weighted by Crippen LogP contribution is 2.30. The molecule has 1 aliphatic heterocycles. The van der Waals surface area contributed by atoms with E-state index in [0.717, 1.165) is 23.4 Å². The van der Waals surface area contributed by atoms with Crippen LogP contribution in [0.15, 0.2) is 35.7 Å². The summed E-state index contributed by atoms with van der Waals surface area (Å²) < 4.78 is 10.2. The summed E-state index contributed by atoms with van der Waals surface area (Å²) in [4.78, 5) is 42.6. The Hall–Kier alpha value is -3.38. The van der Waals surface area contributed by atoms with Gasteiger partial charge in [0, 0.05) is 24.4 Å². The first-order chi connectivity index (χ1) is 15.5. The Morgan fingerprint density at radius 1 is 1.25 bits per heavy atom. The molecule has 0 bridgehead atoms. The van der Waals surface area contributed by atoms with Crippen LogP contribution in [0.5, 0.6) is 0 Å². The van der Waals surface area contributed by atoms with Crippen LogP contribution in [0, 0.1) is 12.3 Å². The Balaban J connectivity index is 1.46. The van der Waals surface area contributed by atoms with Crippen LogP contribution >= 0.6 is 11.3 Å². The predicted molar refractivity (Wildman–Crippen MR) is 119 cm³/mol. The number of hydrogen-bond acceptors (Lipinski definition) is 7. The average molecular weight is 456 g/mol. The summed E-state index contributed by atoms with van der Waals surface area (Å²) in [5.41, 5.74) is 1.14. The van der Waals surface area contributed by atoms with E-state index >= 15 is 0 Å². The van der Waals surface area contributed by atoms with E-state index in [1.807, 2.05) is 30.3 Å². The number of benzene rings is 1. The van der Waals surface area contributed by atoms with Gasteiger partial charge in [-0.1, -0.05) is 36.3 Å². The van der Waals surface area contributed by atoms with Crippen molar-refractivity contribution in [2.45, 2.75) is 38.3 Å². The third-order valence-electron chi connectivity index (χ3n) is 5.06. The smallest absolute Gasteiger partial charge is 0.410 e. The maximum absolute atomic E-state index is 12.5. The number of piperidine rings is 1. The number of amides is 2. The minimum atomic E-state index is -0.798. The lowest BCUT2D eigenvalue weighted by atomic mass is 9.98. The molecule has 1 unspecified atom stereocenters. The lowest BCUT2D eigenvalue weighted by Crippen LogP contribution is -2.39. The van der Waals surface area contributed by atoms with Crippen molar-refractivity contribution in [3.05, 3.63) is 52.0 Å². The molecule has 3 rings (SSSR count). The largest absolute Gasteiger partial charge is 0.459 e. The van der Waals surface area contributed by atoms with Crippen molar-refractivity contribution in [3.8, 4) is 12.3 Å². The summed E-state index contributed by atoms with van der Waals surface area (Å²) in [6, 6.07) is 8.53. The van der Waals surface area contributed by atoms with Gasteiger partial charge in [-0.05, 0) is 25.3 Å². The quantitative estimate of drug-likeness (QED) is 0.509. The number of carbonyl (C=O) groups excluding carboxylic acids is 3. The second kappa shape index (κ2) is 11.3. The van der Waals surface area contributed by atoms with Gasteiger partial charge in [-0.15, -0.1) is 17.8 Å². The van der Waals surface area contributed by atoms with Crippen LogP contribution in [-0.4, -0.2) is 53.6 Å². The lowest BCUT2D eigenvalue weighted by Gasteiger charge is -2.30. The fourth-order valence-corrected chi connectivity index (χ4v) is 4.24. The molecule has 2 aromatic rings. The molecule has 1 saturated heterocycles. The average Bonchev–Trinajstić information content (AvgIpc) is 3.32. The highest BCUT2D eigenvalue weighted by molar-refractivity contribution is 7.09. The summed E-state index contributed by atoms with van der Waals surface area (Å²) in [5, 5.41) is 5.15. The Kier molecular flexibility index (Phi) is 8.22. The van der Waals surface area contributed by atoms with Gasteiger partial charge in [-0.3, -0.25) is 4.79 Å². The van der Waals surface area contributed by atoms with Gasteiger partial charge in [0.05, 0.1) is 5.01 Å². The summed E-state index contributed by atoms with van der Waals surface area (Å²) in [7, 11) is 0. The van der Waals surface area contributed by atoms with Crippen LogP contribution < -0.4 is 5.32 Å². The number of nitrogens with zero attached hydrogens (tertiary/aromatic N) is 2. The van der Waals surface area contributed by atoms with Crippen molar-refractivity contribution in [2.75, 3.05) is 19.7 Å². The molecule has 1 aromatic heterocycles. The third kappa shape index (κ3) is 6.31. The van der Waals surface area contributed by atoms with E-state index < -0.39 is 24.0 Å². The molecule has 0 aliphatic carbocycles. The number of hydrogen-bond donors (Lipinski definition) is 1. The summed E-state index contributed by atoms with van der Waals surface area (Å²) in [6.07, 6.45) is 6.15. The number of aromatic nitrogens is 1. The predicted octanol–water partition coefficient (Wildman–Crippen LogP) is 2.95. The molecule has 1 aliphatic rings. The first-order valence-electron chi connectivity index (χ1n) is 10.3. The molecule has 0 radical (unpaired) electrons. The fraction of sp³-hybridized carbons (Fsp3) is 0.391. The SMILES string of the molecule is C#CCOC(=O)N1CCC(c2nc(C(=O)NC(C)C(=O)OCc3ccccc3)cs2)CC1. The van der Waals surface area contributed by atoms with E-state index in [1.165, 1.54) is 11.3 Å². The standard InChI is InChI=1S/C23H25N3O5S/c1-3-13-30-23(29)26-11-9-18(10-12-26)21-25-19(15-32-21)20(27)24-16(2)22(28)31-14-17-7-5-4-6-8-17/h1,4-8,15-16,18H,9-14H2,2H3,(H,24,27). The van der Waals surface area contributed by atoms with Gasteiger partial charge in [0.15, 0.2) is 6.61 Å². The van der Waals surface area contributed by atoms with Crippen molar-refractivity contribution in [1.29, 1.82) is 0 Å². The molecule has 2 amide bonds. The zero-order valence-electron chi connectivity index (χ0n) is 17.8. The first kappa shape index (κ1) is 23.3. The molecule has 1 fully saturated rings. The van der Waals surface area contributed by atoms with Crippen LogP contribution in [0.25, 0.3) is 0 Å². The van der Waals surface area contributed by atoms with Crippen molar-refractivity contribution >= 4 is 29.3 Å². The molecule has 1 N–H and O–H groups in total. The van der Waals surface area contributed by atoms with Gasteiger partial charge in [0.25, 0.3) is 5.91 Å². The van der Waals surface area contributed by atoms with Crippen LogP contribution in [0.2, 0.25) is 0 Å². The zero-order valence-corrected chi connectivity index (χ0v) is 18.6. The molecule has 32 heavy (non-hydrogen) atoms.